The molecule has 1 aromatic carbocycles. The van der Waals surface area contributed by atoms with Gasteiger partial charge in [0.25, 0.3) is 0 Å². The molecule has 2 aliphatic rings. The molecule has 2 atom stereocenters. The average Bonchev–Trinajstić information content (AvgIpc) is 3.04. The molecule has 21 heavy (non-hydrogen) atoms. The van der Waals surface area contributed by atoms with E-state index in [2.05, 4.69) is 38.5 Å². The van der Waals surface area contributed by atoms with Crippen molar-refractivity contribution in [1.82, 2.24) is 5.32 Å². The van der Waals surface area contributed by atoms with Crippen LogP contribution in [0, 0.1) is 0 Å². The molecule has 0 aliphatic carbocycles. The number of benzene rings is 1. The van der Waals surface area contributed by atoms with Crippen LogP contribution in [0.3, 0.4) is 0 Å². The first-order valence-corrected chi connectivity index (χ1v) is 8.03. The number of nitrogens with one attached hydrogen (secondary N) is 2. The molecule has 1 fully saturated rings. The molecule has 2 N–H and O–H groups in total. The molecule has 2 heterocycles. The van der Waals surface area contributed by atoms with E-state index in [1.54, 1.807) is 7.05 Å². The van der Waals surface area contributed by atoms with E-state index in [1.165, 1.54) is 0 Å². The topological polar surface area (TPSA) is 53.6 Å². The van der Waals surface area contributed by atoms with Gasteiger partial charge in [0.15, 0.2) is 0 Å². The van der Waals surface area contributed by atoms with E-state index in [0.717, 1.165) is 47.4 Å². The van der Waals surface area contributed by atoms with Crippen LogP contribution in [0.5, 0.6) is 0 Å². The van der Waals surface area contributed by atoms with Gasteiger partial charge < -0.3 is 20.3 Å². The van der Waals surface area contributed by atoms with Crippen molar-refractivity contribution in [3.8, 4) is 0 Å². The van der Waals surface area contributed by atoms with Gasteiger partial charge in [0, 0.05) is 35.9 Å². The quantitative estimate of drug-likeness (QED) is 0.871. The molecule has 3 rings (SSSR count). The third-order valence-corrected chi connectivity index (χ3v) is 4.79. The van der Waals surface area contributed by atoms with Crippen molar-refractivity contribution in [2.45, 2.75) is 25.0 Å². The molecule has 1 saturated heterocycles. The highest BCUT2D eigenvalue weighted by molar-refractivity contribution is 9.10. The lowest BCUT2D eigenvalue weighted by Crippen LogP contribution is -2.28. The van der Waals surface area contributed by atoms with Crippen LogP contribution < -0.4 is 15.5 Å². The predicted molar refractivity (Wildman–Crippen MR) is 86.8 cm³/mol. The van der Waals surface area contributed by atoms with Gasteiger partial charge in [-0.2, -0.15) is 0 Å². The van der Waals surface area contributed by atoms with Gasteiger partial charge in [-0.15, -0.1) is 0 Å². The van der Waals surface area contributed by atoms with Gasteiger partial charge in [0.1, 0.15) is 6.04 Å². The fourth-order valence-corrected chi connectivity index (χ4v) is 3.71. The summed E-state index contributed by atoms with van der Waals surface area (Å²) in [5.74, 6) is -0.00155. The zero-order valence-corrected chi connectivity index (χ0v) is 13.9. The molecule has 2 unspecified atom stereocenters. The number of fused-ring (bicyclic) bond motifs is 1. The van der Waals surface area contributed by atoms with Gasteiger partial charge in [-0.3, -0.25) is 4.79 Å². The summed E-state index contributed by atoms with van der Waals surface area (Å²) in [5, 5.41) is 5.97. The second-order valence-corrected chi connectivity index (χ2v) is 6.47. The Morgan fingerprint density at radius 1 is 1.52 bits per heavy atom. The van der Waals surface area contributed by atoms with Crippen LogP contribution in [0.15, 0.2) is 16.6 Å². The van der Waals surface area contributed by atoms with Crippen molar-refractivity contribution < 1.29 is 9.53 Å². The third kappa shape index (κ3) is 2.80. The first kappa shape index (κ1) is 14.8. The summed E-state index contributed by atoms with van der Waals surface area (Å²) >= 11 is 3.63. The number of nitrogens with zero attached hydrogens (tertiary/aromatic N) is 1. The second kappa shape index (κ2) is 5.94. The summed E-state index contributed by atoms with van der Waals surface area (Å²) in [6.45, 7) is 1.73. The van der Waals surface area contributed by atoms with Gasteiger partial charge in [-0.05, 0) is 48.0 Å². The van der Waals surface area contributed by atoms with Crippen molar-refractivity contribution in [3.63, 3.8) is 0 Å². The molecule has 0 saturated carbocycles. The zero-order valence-electron chi connectivity index (χ0n) is 12.3. The van der Waals surface area contributed by atoms with E-state index in [-0.39, 0.29) is 11.9 Å². The van der Waals surface area contributed by atoms with Crippen LogP contribution in [0.25, 0.3) is 0 Å². The molecule has 114 valence electrons. The highest BCUT2D eigenvalue weighted by Gasteiger charge is 2.30. The molecule has 0 radical (unpaired) electrons. The van der Waals surface area contributed by atoms with Gasteiger partial charge in [-0.25, -0.2) is 0 Å². The van der Waals surface area contributed by atoms with Gasteiger partial charge in [0.05, 0.1) is 11.8 Å². The van der Waals surface area contributed by atoms with Crippen LogP contribution in [0.2, 0.25) is 0 Å². The number of rotatable bonds is 4. The largest absolute Gasteiger partial charge is 0.376 e. The molecule has 0 bridgehead atoms. The smallest absolute Gasteiger partial charge is 0.246 e. The maximum absolute atomic E-state index is 11.9. The minimum Gasteiger partial charge on any atom is -0.376 e. The maximum Gasteiger partial charge on any atom is 0.246 e. The summed E-state index contributed by atoms with van der Waals surface area (Å²) in [5.41, 5.74) is 2.95. The summed E-state index contributed by atoms with van der Waals surface area (Å²) in [6.07, 6.45) is 2.56. The first-order valence-electron chi connectivity index (χ1n) is 7.24. The van der Waals surface area contributed by atoms with E-state index in [1.807, 2.05) is 12.1 Å². The molecule has 1 amide bonds. The zero-order chi connectivity index (χ0) is 15.0. The van der Waals surface area contributed by atoms with Crippen molar-refractivity contribution in [2.24, 2.45) is 0 Å². The van der Waals surface area contributed by atoms with E-state index < -0.39 is 0 Å². The van der Waals surface area contributed by atoms with E-state index in [0.29, 0.717) is 6.10 Å². The minimum absolute atomic E-state index is 0.00155. The van der Waals surface area contributed by atoms with Gasteiger partial charge >= 0.3 is 0 Å². The summed E-state index contributed by atoms with van der Waals surface area (Å²) in [7, 11) is 3.85. The van der Waals surface area contributed by atoms with Crippen LogP contribution >= 0.6 is 15.9 Å². The average molecular weight is 354 g/mol. The Balaban J connectivity index is 1.84. The minimum atomic E-state index is -0.270. The van der Waals surface area contributed by atoms with Gasteiger partial charge in [-0.1, -0.05) is 0 Å². The first-order chi connectivity index (χ1) is 10.1. The maximum atomic E-state index is 11.9. The molecule has 0 spiro atoms. The molecule has 6 heteroatoms. The SMILES string of the molecule is CNC1C(=O)Nc2cc(N(C)CC3CCCO3)c(Br)cc21. The second-order valence-electron chi connectivity index (χ2n) is 5.62. The van der Waals surface area contributed by atoms with E-state index >= 15 is 0 Å². The van der Waals surface area contributed by atoms with Crippen LogP contribution in [-0.2, 0) is 9.53 Å². The van der Waals surface area contributed by atoms with Gasteiger partial charge in [0.2, 0.25) is 5.91 Å². The Morgan fingerprint density at radius 2 is 2.33 bits per heavy atom. The monoisotopic (exact) mass is 353 g/mol. The molecule has 0 aromatic heterocycles. The number of anilines is 2. The van der Waals surface area contributed by atoms with Crippen molar-refractivity contribution in [3.05, 3.63) is 22.2 Å². The summed E-state index contributed by atoms with van der Waals surface area (Å²) in [4.78, 5) is 14.1. The van der Waals surface area contributed by atoms with Crippen LogP contribution in [0.4, 0.5) is 11.4 Å². The van der Waals surface area contributed by atoms with E-state index in [9.17, 15) is 4.79 Å². The van der Waals surface area contributed by atoms with Crippen LogP contribution in [0.1, 0.15) is 24.4 Å². The van der Waals surface area contributed by atoms with Crippen molar-refractivity contribution >= 4 is 33.2 Å². The molecular formula is C15H20BrN3O2. The van der Waals surface area contributed by atoms with Crippen molar-refractivity contribution in [2.75, 3.05) is 37.5 Å². The number of halogens is 1. The molecule has 1 aromatic rings. The van der Waals surface area contributed by atoms with Crippen molar-refractivity contribution in [1.29, 1.82) is 0 Å². The highest BCUT2D eigenvalue weighted by atomic mass is 79.9. The molecule has 5 nitrogen and oxygen atoms in total. The lowest BCUT2D eigenvalue weighted by Gasteiger charge is -2.24. The Hall–Kier alpha value is -1.11. The summed E-state index contributed by atoms with van der Waals surface area (Å²) < 4.78 is 6.69. The fourth-order valence-electron chi connectivity index (χ4n) is 3.04. The number of hydrogen-bond acceptors (Lipinski definition) is 4. The predicted octanol–water partition coefficient (Wildman–Crippen LogP) is 2.28. The number of carbonyl (C=O) groups excluding carboxylic acids is 1. The fraction of sp³-hybridized carbons (Fsp3) is 0.533. The Bertz CT molecular complexity index is 558. The Labute approximate surface area is 133 Å². The highest BCUT2D eigenvalue weighted by Crippen LogP contribution is 2.38. The number of likely N-dealkylation sites (N-methyl/N-ethyl adjacent to an activating group) is 2. The standard InChI is InChI=1S/C15H20BrN3O2/c1-17-14-10-6-11(16)13(7-12(10)18-15(14)20)19(2)8-9-4-3-5-21-9/h6-7,9,14,17H,3-5,8H2,1-2H3,(H,18,20). The van der Waals surface area contributed by atoms with E-state index in [4.69, 9.17) is 4.74 Å². The lowest BCUT2D eigenvalue weighted by molar-refractivity contribution is -0.117. The Morgan fingerprint density at radius 3 is 3.00 bits per heavy atom. The number of carbonyl (C=O) groups is 1. The third-order valence-electron chi connectivity index (χ3n) is 4.15. The Kier molecular flexibility index (Phi) is 4.19. The molecular weight excluding hydrogens is 334 g/mol. The lowest BCUT2D eigenvalue weighted by atomic mass is 10.1. The van der Waals surface area contributed by atoms with Crippen LogP contribution in [-0.4, -0.2) is 39.3 Å². The number of ether oxygens (including phenoxy) is 1. The number of hydrogen-bond donors (Lipinski definition) is 2. The molecule has 2 aliphatic heterocycles. The summed E-state index contributed by atoms with van der Waals surface area (Å²) in [6, 6.07) is 3.79. The number of amides is 1. The normalized spacial score (nSPS) is 24.0.